The Balaban J connectivity index is 1.34. The van der Waals surface area contributed by atoms with Crippen LogP contribution in [0.25, 0.3) is 0 Å². The zero-order valence-corrected chi connectivity index (χ0v) is 33.6. The number of unbranched alkanes of at least 4 members (excludes halogenated alkanes) is 4. The number of pyridine rings is 2. The van der Waals surface area contributed by atoms with E-state index in [2.05, 4.69) is 91.2 Å². The van der Waals surface area contributed by atoms with Crippen LogP contribution < -0.4 is 11.5 Å². The number of morpholine rings is 1. The molecule has 6 rings (SSSR count). The molecule has 2 aliphatic rings. The molecule has 2 aromatic carbocycles. The van der Waals surface area contributed by atoms with E-state index in [1.807, 2.05) is 0 Å². The summed E-state index contributed by atoms with van der Waals surface area (Å²) in [5.74, 6) is 1.41. The Hall–Kier alpha value is -3.78. The topological polar surface area (TPSA) is 93.5 Å². The number of anilines is 2. The number of hydrogen-bond acceptors (Lipinski definition) is 7. The zero-order chi connectivity index (χ0) is 37.7. The lowest BCUT2D eigenvalue weighted by atomic mass is 9.83. The van der Waals surface area contributed by atoms with Crippen LogP contribution in [0.4, 0.5) is 11.6 Å². The first-order valence-electron chi connectivity index (χ1n) is 21.1. The number of nitrogen functional groups attached to an aromatic ring is 2. The fourth-order valence-electron chi connectivity index (χ4n) is 8.39. The molecule has 54 heavy (non-hydrogen) atoms. The van der Waals surface area contributed by atoms with Crippen molar-refractivity contribution in [2.75, 3.05) is 50.9 Å². The highest BCUT2D eigenvalue weighted by atomic mass is 16.5. The second-order valence-electron chi connectivity index (χ2n) is 16.0. The molecule has 0 saturated carbocycles. The van der Waals surface area contributed by atoms with E-state index in [-0.39, 0.29) is 5.92 Å². The Bertz CT molecular complexity index is 1740. The van der Waals surface area contributed by atoms with Crippen LogP contribution in [0.1, 0.15) is 133 Å². The Labute approximate surface area is 325 Å². The first kappa shape index (κ1) is 39.9. The molecule has 4 aromatic rings. The molecule has 1 atom stereocenters. The number of aromatic nitrogens is 2. The number of hydrogen-bond donors (Lipinski definition) is 2. The molecule has 0 amide bonds. The largest absolute Gasteiger partial charge is 0.383 e. The molecule has 0 radical (unpaired) electrons. The van der Waals surface area contributed by atoms with Gasteiger partial charge in [0.05, 0.1) is 13.2 Å². The second kappa shape index (κ2) is 20.2. The summed E-state index contributed by atoms with van der Waals surface area (Å²) in [5.41, 5.74) is 25.6. The number of rotatable bonds is 18. The summed E-state index contributed by atoms with van der Waals surface area (Å²) < 4.78 is 5.57. The summed E-state index contributed by atoms with van der Waals surface area (Å²) in [7, 11) is 0. The standard InChI is InChI=1S/C47H66N6O/c1-4-6-9-13-40-30-42(29-36-15-17-37(18-16-36)34-53-25-27-54-28-26-53)45(51-47(40)49)32-44(43-31-41(14-10-7-5-2)46(48)50-35(43)3)39-21-19-38(20-22-39)33-52-23-11-8-12-24-52/h15-22,30-31,44H,4-14,23-29,32-34H2,1-3H3,(H2,48,50)(H2,49,51). The van der Waals surface area contributed by atoms with Gasteiger partial charge in [0.1, 0.15) is 11.6 Å². The molecule has 4 heterocycles. The Kier molecular flexibility index (Phi) is 14.9. The van der Waals surface area contributed by atoms with Crippen molar-refractivity contribution >= 4 is 11.6 Å². The minimum Gasteiger partial charge on any atom is -0.383 e. The van der Waals surface area contributed by atoms with Gasteiger partial charge in [-0.2, -0.15) is 0 Å². The number of benzene rings is 2. The van der Waals surface area contributed by atoms with Crippen molar-refractivity contribution in [1.82, 2.24) is 19.8 Å². The van der Waals surface area contributed by atoms with Crippen LogP contribution in [0.3, 0.4) is 0 Å². The second-order valence-corrected chi connectivity index (χ2v) is 16.0. The molecular weight excluding hydrogens is 665 g/mol. The highest BCUT2D eigenvalue weighted by Gasteiger charge is 2.24. The predicted octanol–water partition coefficient (Wildman–Crippen LogP) is 9.20. The third kappa shape index (κ3) is 11.1. The minimum absolute atomic E-state index is 0.0690. The lowest BCUT2D eigenvalue weighted by Crippen LogP contribution is -2.35. The van der Waals surface area contributed by atoms with E-state index in [9.17, 15) is 0 Å². The van der Waals surface area contributed by atoms with Gasteiger partial charge in [-0.15, -0.1) is 0 Å². The summed E-state index contributed by atoms with van der Waals surface area (Å²) in [6.45, 7) is 14.6. The summed E-state index contributed by atoms with van der Waals surface area (Å²) in [4.78, 5) is 15.3. The number of piperidine rings is 1. The van der Waals surface area contributed by atoms with Gasteiger partial charge in [-0.3, -0.25) is 9.80 Å². The minimum atomic E-state index is 0.0690. The lowest BCUT2D eigenvalue weighted by Gasteiger charge is -2.27. The Morgan fingerprint density at radius 2 is 1.20 bits per heavy atom. The van der Waals surface area contributed by atoms with Gasteiger partial charge >= 0.3 is 0 Å². The molecular formula is C47H66N6O. The molecule has 0 aliphatic carbocycles. The number of aryl methyl sites for hydroxylation is 3. The van der Waals surface area contributed by atoms with Gasteiger partial charge in [0.2, 0.25) is 0 Å². The first-order valence-corrected chi connectivity index (χ1v) is 21.1. The average Bonchev–Trinajstić information content (AvgIpc) is 3.18. The van der Waals surface area contributed by atoms with Crippen molar-refractivity contribution in [3.05, 3.63) is 117 Å². The van der Waals surface area contributed by atoms with Gasteiger partial charge in [-0.1, -0.05) is 94.5 Å². The predicted molar refractivity (Wildman–Crippen MR) is 225 cm³/mol. The fraction of sp³-hybridized carbons (Fsp3) is 0.532. The van der Waals surface area contributed by atoms with Crippen LogP contribution in [-0.2, 0) is 43.5 Å². The SMILES string of the molecule is CCCCCc1cc(C(Cc2nc(N)c(CCCCC)cc2Cc2ccc(CN3CCOCC3)cc2)c2ccc(CN3CCCCC3)cc2)c(C)nc1N. The average molecular weight is 731 g/mol. The molecule has 290 valence electrons. The number of likely N-dealkylation sites (tertiary alicyclic amines) is 1. The van der Waals surface area contributed by atoms with Crippen molar-refractivity contribution in [1.29, 1.82) is 0 Å². The van der Waals surface area contributed by atoms with Crippen LogP contribution in [0.15, 0.2) is 60.7 Å². The van der Waals surface area contributed by atoms with Crippen LogP contribution in [0, 0.1) is 6.92 Å². The molecule has 0 spiro atoms. The van der Waals surface area contributed by atoms with Gasteiger partial charge in [-0.05, 0) is 122 Å². The van der Waals surface area contributed by atoms with Gasteiger partial charge < -0.3 is 16.2 Å². The summed E-state index contributed by atoms with van der Waals surface area (Å²) in [5, 5.41) is 0. The molecule has 2 aromatic heterocycles. The number of nitrogens with two attached hydrogens (primary N) is 2. The molecule has 7 heteroatoms. The maximum atomic E-state index is 6.82. The Morgan fingerprint density at radius 3 is 1.83 bits per heavy atom. The fourth-order valence-corrected chi connectivity index (χ4v) is 8.39. The summed E-state index contributed by atoms with van der Waals surface area (Å²) >= 11 is 0. The normalized spacial score (nSPS) is 16.1. The van der Waals surface area contributed by atoms with Crippen LogP contribution in [0.5, 0.6) is 0 Å². The third-order valence-electron chi connectivity index (χ3n) is 11.7. The molecule has 7 nitrogen and oxygen atoms in total. The van der Waals surface area contributed by atoms with E-state index in [0.717, 1.165) is 94.9 Å². The highest BCUT2D eigenvalue weighted by Crippen LogP contribution is 2.35. The van der Waals surface area contributed by atoms with E-state index in [1.54, 1.807) is 0 Å². The quantitative estimate of drug-likeness (QED) is 0.0987. The lowest BCUT2D eigenvalue weighted by molar-refractivity contribution is 0.0342. The van der Waals surface area contributed by atoms with Crippen molar-refractivity contribution in [3.8, 4) is 0 Å². The maximum Gasteiger partial charge on any atom is 0.126 e. The van der Waals surface area contributed by atoms with E-state index in [0.29, 0.717) is 11.6 Å². The highest BCUT2D eigenvalue weighted by molar-refractivity contribution is 5.50. The third-order valence-corrected chi connectivity index (χ3v) is 11.7. The number of nitrogens with zero attached hydrogens (tertiary/aromatic N) is 4. The molecule has 2 fully saturated rings. The van der Waals surface area contributed by atoms with Gasteiger partial charge in [0, 0.05) is 49.9 Å². The van der Waals surface area contributed by atoms with Crippen LogP contribution in [-0.4, -0.2) is 59.2 Å². The van der Waals surface area contributed by atoms with E-state index < -0.39 is 0 Å². The monoisotopic (exact) mass is 731 g/mol. The molecule has 4 N–H and O–H groups in total. The molecule has 0 bridgehead atoms. The number of ether oxygens (including phenoxy) is 1. The van der Waals surface area contributed by atoms with Gasteiger partial charge in [0.15, 0.2) is 0 Å². The van der Waals surface area contributed by atoms with Crippen molar-refractivity contribution in [3.63, 3.8) is 0 Å². The zero-order valence-electron chi connectivity index (χ0n) is 33.6. The van der Waals surface area contributed by atoms with Crippen molar-refractivity contribution < 1.29 is 4.74 Å². The van der Waals surface area contributed by atoms with E-state index in [1.165, 1.54) is 97.0 Å². The Morgan fingerprint density at radius 1 is 0.648 bits per heavy atom. The molecule has 2 saturated heterocycles. The smallest absolute Gasteiger partial charge is 0.126 e. The maximum absolute atomic E-state index is 6.82. The first-order chi connectivity index (χ1) is 26.4. The summed E-state index contributed by atoms with van der Waals surface area (Å²) in [6, 6.07) is 23.3. The van der Waals surface area contributed by atoms with E-state index in [4.69, 9.17) is 26.2 Å². The summed E-state index contributed by atoms with van der Waals surface area (Å²) in [6.07, 6.45) is 14.4. The van der Waals surface area contributed by atoms with Crippen LogP contribution in [0.2, 0.25) is 0 Å². The van der Waals surface area contributed by atoms with E-state index >= 15 is 0 Å². The van der Waals surface area contributed by atoms with Crippen molar-refractivity contribution in [2.24, 2.45) is 0 Å². The molecule has 1 unspecified atom stereocenters. The van der Waals surface area contributed by atoms with Crippen LogP contribution >= 0.6 is 0 Å². The van der Waals surface area contributed by atoms with Gasteiger partial charge in [-0.25, -0.2) is 9.97 Å². The van der Waals surface area contributed by atoms with Crippen molar-refractivity contribution in [2.45, 2.75) is 123 Å². The van der Waals surface area contributed by atoms with Gasteiger partial charge in [0.25, 0.3) is 0 Å². The molecule has 2 aliphatic heterocycles.